The molecule has 0 radical (unpaired) electrons. The van der Waals surface area contributed by atoms with Crippen molar-refractivity contribution in [1.29, 1.82) is 0 Å². The van der Waals surface area contributed by atoms with Crippen LogP contribution in [0.2, 0.25) is 0 Å². The normalized spacial score (nSPS) is 13.6. The summed E-state index contributed by atoms with van der Waals surface area (Å²) in [6, 6.07) is 17.3. The lowest BCUT2D eigenvalue weighted by Gasteiger charge is -2.37. The number of hydrogen-bond acceptors (Lipinski definition) is 8. The van der Waals surface area contributed by atoms with Crippen LogP contribution in [0.5, 0.6) is 0 Å². The van der Waals surface area contributed by atoms with E-state index in [1.54, 1.807) is 51.1 Å². The van der Waals surface area contributed by atoms with Crippen molar-refractivity contribution in [3.05, 3.63) is 71.8 Å². The molecule has 0 saturated carbocycles. The van der Waals surface area contributed by atoms with Crippen molar-refractivity contribution < 1.29 is 29.3 Å². The molecule has 0 fully saturated rings. The molecule has 2 unspecified atom stereocenters. The number of aliphatic hydroxyl groups is 2. The molecule has 2 aromatic rings. The van der Waals surface area contributed by atoms with Gasteiger partial charge in [-0.15, -0.1) is 0 Å². The molecule has 1 amide bonds. The molecule has 2 aromatic carbocycles. The number of rotatable bonds is 11. The molecular weight excluding hydrogens is 450 g/mol. The topological polar surface area (TPSA) is 148 Å². The van der Waals surface area contributed by atoms with Crippen molar-refractivity contribution in [2.24, 2.45) is 17.5 Å². The van der Waals surface area contributed by atoms with Gasteiger partial charge in [-0.05, 0) is 51.2 Å². The molecule has 2 atom stereocenters. The number of ether oxygens (including phenoxy) is 2. The molecule has 0 heterocycles. The Labute approximate surface area is 206 Å². The smallest absolute Gasteiger partial charge is 0.424 e. The fraction of sp³-hybridized carbons (Fsp3) is 0.462. The van der Waals surface area contributed by atoms with Gasteiger partial charge in [-0.1, -0.05) is 60.7 Å². The summed E-state index contributed by atoms with van der Waals surface area (Å²) in [5.41, 5.74) is 7.04. The van der Waals surface area contributed by atoms with Crippen LogP contribution in [0.4, 0.5) is 4.79 Å². The predicted octanol–water partition coefficient (Wildman–Crippen LogP) is 2.66. The Morgan fingerprint density at radius 2 is 1.54 bits per heavy atom. The van der Waals surface area contributed by atoms with Gasteiger partial charge in [0, 0.05) is 6.04 Å². The number of nitrogens with two attached hydrogens (primary N) is 2. The lowest BCUT2D eigenvalue weighted by Crippen LogP contribution is -2.58. The SMILES string of the molecule is CC(C)(C)OC(=O)C(C(N)c1ccccc1)C(O)(O)CN(N)C(=O)OCCCCc1ccccc1. The summed E-state index contributed by atoms with van der Waals surface area (Å²) in [5, 5.41) is 22.3. The Balaban J connectivity index is 2.00. The number of carbonyl (C=O) groups excluding carboxylic acids is 2. The van der Waals surface area contributed by atoms with Crippen LogP contribution in [0.15, 0.2) is 60.7 Å². The average Bonchev–Trinajstić information content (AvgIpc) is 2.78. The van der Waals surface area contributed by atoms with Crippen molar-refractivity contribution >= 4 is 12.1 Å². The van der Waals surface area contributed by atoms with Gasteiger partial charge in [-0.25, -0.2) is 15.6 Å². The maximum Gasteiger partial charge on any atom is 0.424 e. The van der Waals surface area contributed by atoms with Crippen LogP contribution in [0.1, 0.15) is 50.8 Å². The Bertz CT molecular complexity index is 931. The van der Waals surface area contributed by atoms with E-state index >= 15 is 0 Å². The number of benzene rings is 2. The van der Waals surface area contributed by atoms with E-state index in [4.69, 9.17) is 21.1 Å². The van der Waals surface area contributed by atoms with Gasteiger partial charge in [-0.2, -0.15) is 0 Å². The maximum atomic E-state index is 12.9. The molecule has 0 aliphatic heterocycles. The van der Waals surface area contributed by atoms with Crippen molar-refractivity contribution in [3.63, 3.8) is 0 Å². The van der Waals surface area contributed by atoms with E-state index in [-0.39, 0.29) is 6.61 Å². The van der Waals surface area contributed by atoms with Gasteiger partial charge in [0.25, 0.3) is 0 Å². The van der Waals surface area contributed by atoms with Crippen molar-refractivity contribution in [2.75, 3.05) is 13.2 Å². The first kappa shape index (κ1) is 28.3. The van der Waals surface area contributed by atoms with E-state index in [9.17, 15) is 19.8 Å². The standard InChI is InChI=1S/C26H37N3O6/c1-25(2,3)35-23(30)21(22(27)20-15-8-5-9-16-20)26(32,33)18-29(28)24(31)34-17-11-10-14-19-12-6-4-7-13-19/h4-9,12-13,15-16,21-22,32-33H,10-11,14,17-18,27-28H2,1-3H3. The highest BCUT2D eigenvalue weighted by atomic mass is 16.6. The molecule has 192 valence electrons. The number of hydrogen-bond donors (Lipinski definition) is 4. The van der Waals surface area contributed by atoms with Gasteiger partial charge in [0.15, 0.2) is 5.79 Å². The van der Waals surface area contributed by atoms with E-state index in [1.807, 2.05) is 30.3 Å². The summed E-state index contributed by atoms with van der Waals surface area (Å²) in [6.07, 6.45) is 1.31. The minimum atomic E-state index is -2.79. The number of carbonyl (C=O) groups is 2. The number of nitrogens with zero attached hydrogens (tertiary/aromatic N) is 1. The Hall–Kier alpha value is -2.98. The van der Waals surface area contributed by atoms with E-state index < -0.39 is 42.0 Å². The van der Waals surface area contributed by atoms with E-state index in [1.165, 1.54) is 5.56 Å². The van der Waals surface area contributed by atoms with Crippen LogP contribution in [0.25, 0.3) is 0 Å². The molecule has 9 heteroatoms. The minimum Gasteiger partial charge on any atom is -0.460 e. The molecule has 2 rings (SSSR count). The second kappa shape index (κ2) is 12.6. The monoisotopic (exact) mass is 487 g/mol. The van der Waals surface area contributed by atoms with Crippen LogP contribution >= 0.6 is 0 Å². The molecule has 0 spiro atoms. The second-order valence-corrected chi connectivity index (χ2v) is 9.51. The highest BCUT2D eigenvalue weighted by Gasteiger charge is 2.48. The summed E-state index contributed by atoms with van der Waals surface area (Å²) in [4.78, 5) is 25.3. The summed E-state index contributed by atoms with van der Waals surface area (Å²) >= 11 is 0. The quantitative estimate of drug-likeness (QED) is 0.0944. The van der Waals surface area contributed by atoms with Gasteiger partial charge in [0.1, 0.15) is 11.5 Å². The fourth-order valence-electron chi connectivity index (χ4n) is 3.59. The Morgan fingerprint density at radius 1 is 0.971 bits per heavy atom. The molecule has 0 saturated heterocycles. The number of esters is 1. The molecule has 0 aliphatic rings. The number of amides is 1. The van der Waals surface area contributed by atoms with Crippen molar-refractivity contribution in [2.45, 2.75) is 57.5 Å². The molecule has 0 bridgehead atoms. The van der Waals surface area contributed by atoms with E-state index in [0.717, 1.165) is 12.8 Å². The highest BCUT2D eigenvalue weighted by Crippen LogP contribution is 2.31. The summed E-state index contributed by atoms with van der Waals surface area (Å²) in [6.45, 7) is 4.24. The Morgan fingerprint density at radius 3 is 2.11 bits per heavy atom. The second-order valence-electron chi connectivity index (χ2n) is 9.51. The molecule has 6 N–H and O–H groups in total. The van der Waals surface area contributed by atoms with Crippen LogP contribution in [-0.4, -0.2) is 51.8 Å². The van der Waals surface area contributed by atoms with Gasteiger partial charge < -0.3 is 25.4 Å². The number of unbranched alkanes of at least 4 members (excludes halogenated alkanes) is 1. The Kier molecular flexibility index (Phi) is 10.2. The van der Waals surface area contributed by atoms with E-state index in [2.05, 4.69) is 0 Å². The lowest BCUT2D eigenvalue weighted by atomic mass is 9.86. The predicted molar refractivity (Wildman–Crippen MR) is 131 cm³/mol. The number of aryl methyl sites for hydroxylation is 1. The zero-order valence-corrected chi connectivity index (χ0v) is 20.6. The fourth-order valence-corrected chi connectivity index (χ4v) is 3.59. The summed E-state index contributed by atoms with van der Waals surface area (Å²) < 4.78 is 10.5. The average molecular weight is 488 g/mol. The largest absolute Gasteiger partial charge is 0.460 e. The molecule has 0 aliphatic carbocycles. The first-order valence-electron chi connectivity index (χ1n) is 11.6. The van der Waals surface area contributed by atoms with Crippen LogP contribution in [0, 0.1) is 5.92 Å². The summed E-state index contributed by atoms with van der Waals surface area (Å²) in [5.74, 6) is 0.406. The van der Waals surface area contributed by atoms with Crippen LogP contribution in [-0.2, 0) is 20.7 Å². The third kappa shape index (κ3) is 9.29. The molecule has 9 nitrogen and oxygen atoms in total. The maximum absolute atomic E-state index is 12.9. The molecule has 0 aromatic heterocycles. The number of hydrazine groups is 1. The van der Waals surface area contributed by atoms with Gasteiger partial charge in [0.05, 0.1) is 13.2 Å². The van der Waals surface area contributed by atoms with Crippen molar-refractivity contribution in [3.8, 4) is 0 Å². The molecular formula is C26H37N3O6. The highest BCUT2D eigenvalue weighted by molar-refractivity contribution is 5.75. The zero-order chi connectivity index (χ0) is 26.1. The molecule has 35 heavy (non-hydrogen) atoms. The first-order valence-corrected chi connectivity index (χ1v) is 11.6. The first-order chi connectivity index (χ1) is 16.4. The van der Waals surface area contributed by atoms with Gasteiger partial charge in [-0.3, -0.25) is 4.79 Å². The zero-order valence-electron chi connectivity index (χ0n) is 20.6. The van der Waals surface area contributed by atoms with Crippen molar-refractivity contribution in [1.82, 2.24) is 5.01 Å². The summed E-state index contributed by atoms with van der Waals surface area (Å²) in [7, 11) is 0. The van der Waals surface area contributed by atoms with E-state index in [0.29, 0.717) is 17.0 Å². The minimum absolute atomic E-state index is 0.113. The third-order valence-electron chi connectivity index (χ3n) is 5.27. The lowest BCUT2D eigenvalue weighted by molar-refractivity contribution is -0.227. The van der Waals surface area contributed by atoms with Crippen LogP contribution < -0.4 is 11.6 Å². The third-order valence-corrected chi connectivity index (χ3v) is 5.27. The van der Waals surface area contributed by atoms with Gasteiger partial charge in [0.2, 0.25) is 0 Å². The van der Waals surface area contributed by atoms with Crippen LogP contribution in [0.3, 0.4) is 0 Å². The van der Waals surface area contributed by atoms with Gasteiger partial charge >= 0.3 is 12.1 Å².